The van der Waals surface area contributed by atoms with Crippen LogP contribution in [0, 0.1) is 5.92 Å². The minimum absolute atomic E-state index is 0.248. The molecule has 0 spiro atoms. The normalized spacial score (nSPS) is 16.5. The van der Waals surface area contributed by atoms with E-state index in [-0.39, 0.29) is 5.92 Å². The molecule has 1 aromatic carbocycles. The van der Waals surface area contributed by atoms with E-state index in [1.54, 1.807) is 0 Å². The Morgan fingerprint density at radius 3 is 2.44 bits per heavy atom. The van der Waals surface area contributed by atoms with Crippen LogP contribution in [0.25, 0.3) is 0 Å². The average Bonchev–Trinajstić information content (AvgIpc) is 2.41. The molecule has 3 heteroatoms. The maximum Gasteiger partial charge on any atom is 0.225 e. The Bertz CT molecular complexity index is 393. The minimum atomic E-state index is 0.248. The van der Waals surface area contributed by atoms with Crippen LogP contribution in [0.3, 0.4) is 0 Å². The van der Waals surface area contributed by atoms with Crippen molar-refractivity contribution in [3.8, 4) is 0 Å². The van der Waals surface area contributed by atoms with Crippen LogP contribution >= 0.6 is 0 Å². The Hall–Kier alpha value is -1.51. The number of hydrogen-bond donors (Lipinski definition) is 1. The van der Waals surface area contributed by atoms with Gasteiger partial charge in [-0.3, -0.25) is 4.79 Å². The second kappa shape index (κ2) is 5.89. The van der Waals surface area contributed by atoms with Crippen LogP contribution in [0.15, 0.2) is 24.3 Å². The Labute approximate surface area is 109 Å². The molecule has 1 saturated carbocycles. The molecular formula is C15H22N2O. The van der Waals surface area contributed by atoms with E-state index in [2.05, 4.69) is 0 Å². The highest BCUT2D eigenvalue weighted by molar-refractivity contribution is 5.78. The largest absolute Gasteiger partial charge is 0.399 e. The number of nitrogens with zero attached hydrogens (tertiary/aromatic N) is 1. The Balaban J connectivity index is 1.92. The molecule has 0 aliphatic heterocycles. The fraction of sp³-hybridized carbons (Fsp3) is 0.533. The summed E-state index contributed by atoms with van der Waals surface area (Å²) >= 11 is 0. The van der Waals surface area contributed by atoms with Crippen LogP contribution in [-0.2, 0) is 11.3 Å². The molecule has 0 radical (unpaired) electrons. The van der Waals surface area contributed by atoms with Crippen molar-refractivity contribution < 1.29 is 4.79 Å². The number of hydrogen-bond acceptors (Lipinski definition) is 2. The first-order chi connectivity index (χ1) is 8.66. The highest BCUT2D eigenvalue weighted by Crippen LogP contribution is 2.25. The van der Waals surface area contributed by atoms with Gasteiger partial charge < -0.3 is 10.6 Å². The van der Waals surface area contributed by atoms with Crippen molar-refractivity contribution in [1.29, 1.82) is 0 Å². The molecule has 2 rings (SSSR count). The number of anilines is 1. The molecule has 0 bridgehead atoms. The van der Waals surface area contributed by atoms with E-state index in [0.29, 0.717) is 12.5 Å². The fourth-order valence-corrected chi connectivity index (χ4v) is 2.64. The van der Waals surface area contributed by atoms with E-state index in [0.717, 1.165) is 24.1 Å². The number of amides is 1. The van der Waals surface area contributed by atoms with Gasteiger partial charge in [0, 0.05) is 25.2 Å². The molecule has 98 valence electrons. The van der Waals surface area contributed by atoms with Crippen LogP contribution in [0.2, 0.25) is 0 Å². The van der Waals surface area contributed by atoms with Gasteiger partial charge in [0.2, 0.25) is 5.91 Å². The highest BCUT2D eigenvalue weighted by Gasteiger charge is 2.23. The van der Waals surface area contributed by atoms with Gasteiger partial charge in [-0.2, -0.15) is 0 Å². The monoisotopic (exact) mass is 246 g/mol. The van der Waals surface area contributed by atoms with E-state index in [1.165, 1.54) is 19.3 Å². The van der Waals surface area contributed by atoms with E-state index in [4.69, 9.17) is 5.73 Å². The lowest BCUT2D eigenvalue weighted by molar-refractivity contribution is -0.135. The standard InChI is InChI=1S/C15H22N2O/c1-17(11-12-7-9-14(16)10-8-12)15(18)13-5-3-2-4-6-13/h7-10,13H,2-6,11,16H2,1H3. The lowest BCUT2D eigenvalue weighted by Gasteiger charge is -2.26. The zero-order valence-electron chi connectivity index (χ0n) is 11.1. The Morgan fingerprint density at radius 1 is 1.22 bits per heavy atom. The van der Waals surface area contributed by atoms with Gasteiger partial charge in [-0.15, -0.1) is 0 Å². The molecule has 3 nitrogen and oxygen atoms in total. The maximum absolute atomic E-state index is 12.3. The molecule has 0 atom stereocenters. The summed E-state index contributed by atoms with van der Waals surface area (Å²) in [5.74, 6) is 0.545. The minimum Gasteiger partial charge on any atom is -0.399 e. The van der Waals surface area contributed by atoms with Gasteiger partial charge in [-0.25, -0.2) is 0 Å². The molecule has 0 aromatic heterocycles. The first-order valence-corrected chi connectivity index (χ1v) is 6.76. The maximum atomic E-state index is 12.3. The van der Waals surface area contributed by atoms with Gasteiger partial charge in [0.1, 0.15) is 0 Å². The Morgan fingerprint density at radius 2 is 1.83 bits per heavy atom. The molecule has 1 aliphatic carbocycles. The third-order valence-electron chi connectivity index (χ3n) is 3.73. The van der Waals surface area contributed by atoms with Crippen molar-refractivity contribution in [2.75, 3.05) is 12.8 Å². The SMILES string of the molecule is CN(Cc1ccc(N)cc1)C(=O)C1CCCCC1. The summed E-state index contributed by atoms with van der Waals surface area (Å²) in [6.45, 7) is 0.676. The molecule has 2 N–H and O–H groups in total. The molecule has 18 heavy (non-hydrogen) atoms. The zero-order chi connectivity index (χ0) is 13.0. The van der Waals surface area contributed by atoms with E-state index >= 15 is 0 Å². The van der Waals surface area contributed by atoms with Crippen LogP contribution in [0.4, 0.5) is 5.69 Å². The number of nitrogen functional groups attached to an aromatic ring is 1. The quantitative estimate of drug-likeness (QED) is 0.834. The van der Waals surface area contributed by atoms with Gasteiger partial charge >= 0.3 is 0 Å². The summed E-state index contributed by atoms with van der Waals surface area (Å²) in [5, 5.41) is 0. The average molecular weight is 246 g/mol. The van der Waals surface area contributed by atoms with Gasteiger partial charge in [0.05, 0.1) is 0 Å². The summed E-state index contributed by atoms with van der Waals surface area (Å²) in [7, 11) is 1.90. The van der Waals surface area contributed by atoms with Crippen molar-refractivity contribution in [3.05, 3.63) is 29.8 Å². The summed E-state index contributed by atoms with van der Waals surface area (Å²) in [6, 6.07) is 7.74. The predicted octanol–water partition coefficient (Wildman–Crippen LogP) is 2.81. The van der Waals surface area contributed by atoms with Gasteiger partial charge in [0.25, 0.3) is 0 Å². The second-order valence-corrected chi connectivity index (χ2v) is 5.27. The Kier molecular flexibility index (Phi) is 4.24. The number of carbonyl (C=O) groups is 1. The third-order valence-corrected chi connectivity index (χ3v) is 3.73. The molecule has 0 heterocycles. The molecule has 1 aliphatic rings. The third kappa shape index (κ3) is 3.25. The van der Waals surface area contributed by atoms with Crippen LogP contribution in [0.5, 0.6) is 0 Å². The van der Waals surface area contributed by atoms with Gasteiger partial charge in [0.15, 0.2) is 0 Å². The molecule has 0 unspecified atom stereocenters. The zero-order valence-corrected chi connectivity index (χ0v) is 11.1. The van der Waals surface area contributed by atoms with Crippen molar-refractivity contribution in [2.45, 2.75) is 38.6 Å². The molecule has 1 aromatic rings. The predicted molar refractivity (Wildman–Crippen MR) is 73.9 cm³/mol. The molecular weight excluding hydrogens is 224 g/mol. The first-order valence-electron chi connectivity index (χ1n) is 6.76. The van der Waals surface area contributed by atoms with E-state index < -0.39 is 0 Å². The van der Waals surface area contributed by atoms with Crippen LogP contribution in [-0.4, -0.2) is 17.9 Å². The van der Waals surface area contributed by atoms with Crippen LogP contribution < -0.4 is 5.73 Å². The summed E-state index contributed by atoms with van der Waals surface area (Å²) < 4.78 is 0. The number of benzene rings is 1. The number of rotatable bonds is 3. The molecule has 1 amide bonds. The summed E-state index contributed by atoms with van der Waals surface area (Å²) in [6.07, 6.45) is 5.81. The van der Waals surface area contributed by atoms with Crippen LogP contribution in [0.1, 0.15) is 37.7 Å². The van der Waals surface area contributed by atoms with Crippen molar-refractivity contribution in [2.24, 2.45) is 5.92 Å². The van der Waals surface area contributed by atoms with Crippen molar-refractivity contribution in [1.82, 2.24) is 4.90 Å². The van der Waals surface area contributed by atoms with Crippen molar-refractivity contribution in [3.63, 3.8) is 0 Å². The van der Waals surface area contributed by atoms with E-state index in [1.807, 2.05) is 36.2 Å². The number of carbonyl (C=O) groups excluding carboxylic acids is 1. The highest BCUT2D eigenvalue weighted by atomic mass is 16.2. The topological polar surface area (TPSA) is 46.3 Å². The second-order valence-electron chi connectivity index (χ2n) is 5.27. The van der Waals surface area contributed by atoms with Gasteiger partial charge in [-0.1, -0.05) is 31.4 Å². The van der Waals surface area contributed by atoms with E-state index in [9.17, 15) is 4.79 Å². The smallest absolute Gasteiger partial charge is 0.225 e. The number of nitrogens with two attached hydrogens (primary N) is 1. The first kappa shape index (κ1) is 12.9. The molecule has 0 saturated heterocycles. The fourth-order valence-electron chi connectivity index (χ4n) is 2.64. The van der Waals surface area contributed by atoms with Crippen molar-refractivity contribution >= 4 is 11.6 Å². The lowest BCUT2D eigenvalue weighted by Crippen LogP contribution is -2.33. The summed E-state index contributed by atoms with van der Waals surface area (Å²) in [4.78, 5) is 14.1. The summed E-state index contributed by atoms with van der Waals surface area (Å²) in [5.41, 5.74) is 7.55. The lowest BCUT2D eigenvalue weighted by atomic mass is 9.88. The van der Waals surface area contributed by atoms with Gasteiger partial charge in [-0.05, 0) is 30.5 Å². The molecule has 1 fully saturated rings.